The van der Waals surface area contributed by atoms with Gasteiger partial charge in [0.25, 0.3) is 5.56 Å². The van der Waals surface area contributed by atoms with Gasteiger partial charge in [-0.15, -0.1) is 0 Å². The van der Waals surface area contributed by atoms with Crippen molar-refractivity contribution in [2.45, 2.75) is 17.8 Å². The summed E-state index contributed by atoms with van der Waals surface area (Å²) >= 11 is 13.2. The van der Waals surface area contributed by atoms with Crippen molar-refractivity contribution in [1.29, 1.82) is 0 Å². The molecular weight excluding hydrogens is 307 g/mol. The molecule has 0 aliphatic rings. The highest BCUT2D eigenvalue weighted by Crippen LogP contribution is 2.35. The Labute approximate surface area is 123 Å². The summed E-state index contributed by atoms with van der Waals surface area (Å²) < 4.78 is 0. The highest BCUT2D eigenvalue weighted by Gasteiger charge is 2.11. The number of hydrogen-bond donors (Lipinski definition) is 2. The number of H-pyrrole nitrogens is 1. The van der Waals surface area contributed by atoms with Crippen LogP contribution in [0.4, 0.5) is 0 Å². The third-order valence-electron chi connectivity index (χ3n) is 2.37. The van der Waals surface area contributed by atoms with Crippen molar-refractivity contribution < 1.29 is 5.11 Å². The number of aryl methyl sites for hydroxylation is 1. The van der Waals surface area contributed by atoms with Crippen molar-refractivity contribution >= 4 is 35.0 Å². The third kappa shape index (κ3) is 3.43. The van der Waals surface area contributed by atoms with E-state index in [1.165, 1.54) is 30.0 Å². The number of phenolic OH excluding ortho intramolecular Hbond substituents is 1. The fourth-order valence-electron chi connectivity index (χ4n) is 1.48. The first-order valence-corrected chi connectivity index (χ1v) is 7.08. The summed E-state index contributed by atoms with van der Waals surface area (Å²) in [5, 5.41) is 10.9. The van der Waals surface area contributed by atoms with Gasteiger partial charge < -0.3 is 10.1 Å². The van der Waals surface area contributed by atoms with Gasteiger partial charge in [-0.2, -0.15) is 0 Å². The Bertz CT molecular complexity index is 673. The maximum atomic E-state index is 11.3. The fourth-order valence-corrected chi connectivity index (χ4v) is 2.92. The van der Waals surface area contributed by atoms with Gasteiger partial charge in [0, 0.05) is 23.1 Å². The van der Waals surface area contributed by atoms with Gasteiger partial charge in [0.1, 0.15) is 5.75 Å². The zero-order chi connectivity index (χ0) is 14.0. The highest BCUT2D eigenvalue weighted by atomic mass is 35.5. The van der Waals surface area contributed by atoms with Crippen LogP contribution in [0.25, 0.3) is 0 Å². The summed E-state index contributed by atoms with van der Waals surface area (Å²) in [6.07, 6.45) is 0. The van der Waals surface area contributed by atoms with Crippen LogP contribution in [-0.2, 0) is 5.75 Å². The summed E-state index contributed by atoms with van der Waals surface area (Å²) in [6, 6.07) is 4.42. The summed E-state index contributed by atoms with van der Waals surface area (Å²) in [7, 11) is 0. The van der Waals surface area contributed by atoms with Crippen LogP contribution in [-0.4, -0.2) is 15.1 Å². The first-order valence-electron chi connectivity index (χ1n) is 5.34. The molecule has 1 aromatic carbocycles. The quantitative estimate of drug-likeness (QED) is 0.673. The zero-order valence-corrected chi connectivity index (χ0v) is 12.2. The van der Waals surface area contributed by atoms with Gasteiger partial charge in [-0.25, -0.2) is 4.98 Å². The van der Waals surface area contributed by atoms with E-state index in [9.17, 15) is 9.90 Å². The number of thioether (sulfide) groups is 1. The molecule has 0 atom stereocenters. The van der Waals surface area contributed by atoms with Crippen molar-refractivity contribution in [3.63, 3.8) is 0 Å². The first-order chi connectivity index (χ1) is 8.97. The Morgan fingerprint density at radius 2 is 2.16 bits per heavy atom. The molecule has 0 radical (unpaired) electrons. The topological polar surface area (TPSA) is 66.0 Å². The molecule has 2 aromatic rings. The number of rotatable bonds is 3. The zero-order valence-electron chi connectivity index (χ0n) is 9.91. The number of nitrogens with one attached hydrogen (secondary N) is 1. The number of nitrogens with zero attached hydrogens (tertiary/aromatic N) is 1. The second kappa shape index (κ2) is 5.86. The van der Waals surface area contributed by atoms with E-state index in [2.05, 4.69) is 9.97 Å². The van der Waals surface area contributed by atoms with Gasteiger partial charge in [0.2, 0.25) is 0 Å². The molecule has 0 saturated carbocycles. The average Bonchev–Trinajstić information content (AvgIpc) is 2.33. The second-order valence-electron chi connectivity index (χ2n) is 3.84. The predicted molar refractivity (Wildman–Crippen MR) is 77.3 cm³/mol. The number of aromatic amines is 1. The monoisotopic (exact) mass is 316 g/mol. The Kier molecular flexibility index (Phi) is 4.39. The van der Waals surface area contributed by atoms with Crippen LogP contribution in [0, 0.1) is 6.92 Å². The van der Waals surface area contributed by atoms with Gasteiger partial charge in [-0.3, -0.25) is 4.79 Å². The lowest BCUT2D eigenvalue weighted by atomic mass is 10.2. The fraction of sp³-hybridized carbons (Fsp3) is 0.167. The Hall–Kier alpha value is -1.17. The number of benzene rings is 1. The molecule has 7 heteroatoms. The lowest BCUT2D eigenvalue weighted by Gasteiger charge is -2.08. The van der Waals surface area contributed by atoms with E-state index in [4.69, 9.17) is 23.2 Å². The van der Waals surface area contributed by atoms with Crippen LogP contribution in [0.1, 0.15) is 11.3 Å². The van der Waals surface area contributed by atoms with Crippen molar-refractivity contribution in [3.05, 3.63) is 49.9 Å². The molecule has 4 nitrogen and oxygen atoms in total. The Morgan fingerprint density at radius 1 is 1.42 bits per heavy atom. The highest BCUT2D eigenvalue weighted by molar-refractivity contribution is 7.98. The van der Waals surface area contributed by atoms with E-state index in [0.717, 1.165) is 0 Å². The van der Waals surface area contributed by atoms with Gasteiger partial charge in [0.15, 0.2) is 5.16 Å². The molecule has 2 N–H and O–H groups in total. The van der Waals surface area contributed by atoms with Gasteiger partial charge in [0.05, 0.1) is 10.0 Å². The summed E-state index contributed by atoms with van der Waals surface area (Å²) in [4.78, 5) is 18.1. The molecule has 0 bridgehead atoms. The molecule has 0 aliphatic carbocycles. The average molecular weight is 317 g/mol. The minimum absolute atomic E-state index is 0.0666. The standard InChI is InChI=1S/C12H10Cl2N2O2S/c1-6-4-10(18)16-12(15-6)19-5-7-9(17)3-2-8(13)11(7)14/h2-4,17H,5H2,1H3,(H,15,16,18). The maximum Gasteiger partial charge on any atom is 0.251 e. The van der Waals surface area contributed by atoms with Gasteiger partial charge in [-0.1, -0.05) is 35.0 Å². The summed E-state index contributed by atoms with van der Waals surface area (Å²) in [5.41, 5.74) is 0.937. The predicted octanol–water partition coefficient (Wildman–Crippen LogP) is 3.38. The number of aromatic nitrogens is 2. The van der Waals surface area contributed by atoms with Crippen molar-refractivity contribution in [2.75, 3.05) is 0 Å². The van der Waals surface area contributed by atoms with E-state index < -0.39 is 0 Å². The lowest BCUT2D eigenvalue weighted by Crippen LogP contribution is -2.08. The maximum absolute atomic E-state index is 11.3. The second-order valence-corrected chi connectivity index (χ2v) is 5.59. The molecule has 0 saturated heterocycles. The normalized spacial score (nSPS) is 10.7. The smallest absolute Gasteiger partial charge is 0.251 e. The molecule has 0 fully saturated rings. The first kappa shape index (κ1) is 14.2. The molecule has 0 unspecified atom stereocenters. The molecule has 2 rings (SSSR count). The molecule has 0 amide bonds. The van der Waals surface area contributed by atoms with E-state index in [-0.39, 0.29) is 11.3 Å². The van der Waals surface area contributed by atoms with Crippen LogP contribution in [0.3, 0.4) is 0 Å². The molecular formula is C12H10Cl2N2O2S. The SMILES string of the molecule is Cc1cc(=O)[nH]c(SCc2c(O)ccc(Cl)c2Cl)n1. The largest absolute Gasteiger partial charge is 0.508 e. The molecule has 0 aliphatic heterocycles. The number of halogens is 2. The number of hydrogen-bond acceptors (Lipinski definition) is 4. The summed E-state index contributed by atoms with van der Waals surface area (Å²) in [6.45, 7) is 1.74. The molecule has 0 spiro atoms. The van der Waals surface area contributed by atoms with Crippen LogP contribution >= 0.6 is 35.0 Å². The van der Waals surface area contributed by atoms with Crippen LogP contribution < -0.4 is 5.56 Å². The lowest BCUT2D eigenvalue weighted by molar-refractivity contribution is 0.470. The molecule has 1 heterocycles. The number of phenols is 1. The van der Waals surface area contributed by atoms with Crippen LogP contribution in [0.15, 0.2) is 28.2 Å². The summed E-state index contributed by atoms with van der Waals surface area (Å²) in [5.74, 6) is 0.425. The minimum Gasteiger partial charge on any atom is -0.508 e. The third-order valence-corrected chi connectivity index (χ3v) is 4.12. The van der Waals surface area contributed by atoms with Crippen molar-refractivity contribution in [2.24, 2.45) is 0 Å². The van der Waals surface area contributed by atoms with E-state index >= 15 is 0 Å². The van der Waals surface area contributed by atoms with Crippen molar-refractivity contribution in [3.8, 4) is 5.75 Å². The van der Waals surface area contributed by atoms with Crippen LogP contribution in [0.5, 0.6) is 5.75 Å². The number of aromatic hydroxyl groups is 1. The minimum atomic E-state index is -0.212. The van der Waals surface area contributed by atoms with Crippen molar-refractivity contribution in [1.82, 2.24) is 9.97 Å². The molecule has 1 aromatic heterocycles. The molecule has 100 valence electrons. The van der Waals surface area contributed by atoms with E-state index in [1.807, 2.05) is 0 Å². The van der Waals surface area contributed by atoms with Gasteiger partial charge in [-0.05, 0) is 19.1 Å². The Morgan fingerprint density at radius 3 is 2.84 bits per heavy atom. The molecule has 19 heavy (non-hydrogen) atoms. The van der Waals surface area contributed by atoms with Gasteiger partial charge >= 0.3 is 0 Å². The van der Waals surface area contributed by atoms with E-state index in [0.29, 0.717) is 32.2 Å². The van der Waals surface area contributed by atoms with Crippen LogP contribution in [0.2, 0.25) is 10.0 Å². The van der Waals surface area contributed by atoms with E-state index in [1.54, 1.807) is 6.92 Å². The Balaban J connectivity index is 2.23.